The normalized spacial score (nSPS) is 10.5. The molecule has 3 aromatic rings. The lowest BCUT2D eigenvalue weighted by Crippen LogP contribution is -2.01. The molecule has 0 aliphatic carbocycles. The molecule has 0 radical (unpaired) electrons. The highest BCUT2D eigenvalue weighted by molar-refractivity contribution is 5.63. The molecule has 0 bridgehead atoms. The minimum Gasteiger partial charge on any atom is -0.303 e. The van der Waals surface area contributed by atoms with Crippen molar-refractivity contribution in [2.75, 3.05) is 0 Å². The van der Waals surface area contributed by atoms with Gasteiger partial charge in [0.2, 0.25) is 0 Å². The first-order valence-electron chi connectivity index (χ1n) is 6.79. The molecule has 0 amide bonds. The molecule has 2 aromatic heterocycles. The fourth-order valence-electron chi connectivity index (χ4n) is 2.31. The molecule has 104 valence electrons. The number of carbonyl (C=O) groups is 1. The van der Waals surface area contributed by atoms with Gasteiger partial charge in [-0.3, -0.25) is 4.98 Å². The first kappa shape index (κ1) is 13.2. The minimum absolute atomic E-state index is 0.314. The van der Waals surface area contributed by atoms with Gasteiger partial charge in [0.1, 0.15) is 6.29 Å². The number of aromatic nitrogens is 3. The van der Waals surface area contributed by atoms with Crippen LogP contribution in [0.1, 0.15) is 11.4 Å². The summed E-state index contributed by atoms with van der Waals surface area (Å²) in [5, 5.41) is 4.56. The molecule has 0 aliphatic heterocycles. The Hall–Kier alpha value is -2.75. The summed E-state index contributed by atoms with van der Waals surface area (Å²) in [6.45, 7) is 1.97. The first-order valence-corrected chi connectivity index (χ1v) is 6.79. The Morgan fingerprint density at radius 3 is 2.71 bits per heavy atom. The lowest BCUT2D eigenvalue weighted by atomic mass is 10.1. The summed E-state index contributed by atoms with van der Waals surface area (Å²) < 4.78 is 1.89. The predicted octanol–water partition coefficient (Wildman–Crippen LogP) is 2.98. The average Bonchev–Trinajstić information content (AvgIpc) is 2.91. The van der Waals surface area contributed by atoms with Gasteiger partial charge in [0.15, 0.2) is 0 Å². The Labute approximate surface area is 123 Å². The zero-order valence-electron chi connectivity index (χ0n) is 11.7. The summed E-state index contributed by atoms with van der Waals surface area (Å²) in [6.07, 6.45) is 2.88. The number of carbonyl (C=O) groups excluding carboxylic acids is 1. The van der Waals surface area contributed by atoms with Crippen LogP contribution in [0.4, 0.5) is 0 Å². The lowest BCUT2D eigenvalue weighted by Gasteiger charge is -2.08. The van der Waals surface area contributed by atoms with Crippen LogP contribution in [0.25, 0.3) is 16.9 Å². The van der Waals surface area contributed by atoms with E-state index in [-0.39, 0.29) is 0 Å². The van der Waals surface area contributed by atoms with Gasteiger partial charge >= 0.3 is 0 Å². The van der Waals surface area contributed by atoms with Crippen molar-refractivity contribution in [3.05, 3.63) is 66.1 Å². The third-order valence-corrected chi connectivity index (χ3v) is 3.24. The van der Waals surface area contributed by atoms with Crippen LogP contribution in [0.15, 0.2) is 54.7 Å². The minimum atomic E-state index is 0.314. The maximum Gasteiger partial charge on any atom is 0.125 e. The van der Waals surface area contributed by atoms with Crippen molar-refractivity contribution in [1.29, 1.82) is 0 Å². The largest absolute Gasteiger partial charge is 0.303 e. The molecule has 3 rings (SSSR count). The molecule has 4 nitrogen and oxygen atoms in total. The second-order valence-electron chi connectivity index (χ2n) is 4.82. The third kappa shape index (κ3) is 2.74. The molecule has 0 saturated carbocycles. The monoisotopic (exact) mass is 277 g/mol. The second-order valence-corrected chi connectivity index (χ2v) is 4.82. The lowest BCUT2D eigenvalue weighted by molar-refractivity contribution is -0.107. The van der Waals surface area contributed by atoms with Gasteiger partial charge in [0.25, 0.3) is 0 Å². The van der Waals surface area contributed by atoms with E-state index in [0.29, 0.717) is 6.42 Å². The molecule has 2 heterocycles. The van der Waals surface area contributed by atoms with E-state index < -0.39 is 0 Å². The maximum atomic E-state index is 10.7. The Bertz CT molecular complexity index is 763. The zero-order chi connectivity index (χ0) is 14.7. The molecule has 21 heavy (non-hydrogen) atoms. The third-order valence-electron chi connectivity index (χ3n) is 3.24. The van der Waals surface area contributed by atoms with Gasteiger partial charge < -0.3 is 4.79 Å². The van der Waals surface area contributed by atoms with E-state index >= 15 is 0 Å². The molecule has 0 N–H and O–H groups in total. The highest BCUT2D eigenvalue weighted by Crippen LogP contribution is 2.23. The molecule has 0 aliphatic rings. The van der Waals surface area contributed by atoms with E-state index in [2.05, 4.69) is 28.3 Å². The van der Waals surface area contributed by atoms with Crippen LogP contribution in [0.2, 0.25) is 0 Å². The maximum absolute atomic E-state index is 10.7. The van der Waals surface area contributed by atoms with Crippen molar-refractivity contribution in [1.82, 2.24) is 14.8 Å². The van der Waals surface area contributed by atoms with Gasteiger partial charge in [-0.15, -0.1) is 0 Å². The molecule has 0 saturated heterocycles. The number of hydrogen-bond acceptors (Lipinski definition) is 3. The van der Waals surface area contributed by atoms with E-state index in [4.69, 9.17) is 0 Å². The van der Waals surface area contributed by atoms with Crippen LogP contribution >= 0.6 is 0 Å². The van der Waals surface area contributed by atoms with Crippen LogP contribution < -0.4 is 0 Å². The van der Waals surface area contributed by atoms with E-state index in [1.165, 1.54) is 0 Å². The van der Waals surface area contributed by atoms with Crippen LogP contribution in [0.3, 0.4) is 0 Å². The van der Waals surface area contributed by atoms with E-state index in [1.807, 2.05) is 41.9 Å². The van der Waals surface area contributed by atoms with Gasteiger partial charge in [-0.05, 0) is 25.1 Å². The highest BCUT2D eigenvalue weighted by atomic mass is 16.1. The Morgan fingerprint density at radius 2 is 1.95 bits per heavy atom. The number of nitrogens with zero attached hydrogens (tertiary/aromatic N) is 3. The van der Waals surface area contributed by atoms with E-state index in [1.54, 1.807) is 6.20 Å². The van der Waals surface area contributed by atoms with Gasteiger partial charge in [0.05, 0.1) is 17.1 Å². The Morgan fingerprint density at radius 1 is 1.14 bits per heavy atom. The van der Waals surface area contributed by atoms with Crippen molar-refractivity contribution in [3.63, 3.8) is 0 Å². The predicted molar refractivity (Wildman–Crippen MR) is 81.3 cm³/mol. The van der Waals surface area contributed by atoms with Crippen molar-refractivity contribution in [3.8, 4) is 16.9 Å². The summed E-state index contributed by atoms with van der Waals surface area (Å²) in [7, 11) is 0. The molecule has 0 spiro atoms. The summed E-state index contributed by atoms with van der Waals surface area (Å²) in [4.78, 5) is 14.8. The molecular weight excluding hydrogens is 262 g/mol. The fourth-order valence-corrected chi connectivity index (χ4v) is 2.31. The highest BCUT2D eigenvalue weighted by Gasteiger charge is 2.10. The average molecular weight is 277 g/mol. The summed E-state index contributed by atoms with van der Waals surface area (Å²) in [5.74, 6) is 0. The number of rotatable bonds is 4. The fraction of sp³-hybridized carbons (Fsp3) is 0.118. The second kappa shape index (κ2) is 5.71. The van der Waals surface area contributed by atoms with E-state index in [0.717, 1.165) is 34.6 Å². The molecular formula is C17H15N3O. The van der Waals surface area contributed by atoms with Gasteiger partial charge in [0, 0.05) is 23.9 Å². The van der Waals surface area contributed by atoms with Crippen molar-refractivity contribution < 1.29 is 4.79 Å². The Balaban J connectivity index is 2.11. The van der Waals surface area contributed by atoms with Crippen LogP contribution in [0, 0.1) is 6.92 Å². The summed E-state index contributed by atoms with van der Waals surface area (Å²) >= 11 is 0. The molecule has 0 fully saturated rings. The van der Waals surface area contributed by atoms with Gasteiger partial charge in [-0.2, -0.15) is 5.10 Å². The number of aryl methyl sites for hydroxylation is 1. The molecule has 4 heteroatoms. The van der Waals surface area contributed by atoms with Gasteiger partial charge in [-0.25, -0.2) is 4.68 Å². The first-order chi connectivity index (χ1) is 10.3. The summed E-state index contributed by atoms with van der Waals surface area (Å²) in [5.41, 5.74) is 4.73. The topological polar surface area (TPSA) is 47.8 Å². The van der Waals surface area contributed by atoms with Crippen molar-refractivity contribution >= 4 is 6.29 Å². The zero-order valence-corrected chi connectivity index (χ0v) is 11.7. The number of benzene rings is 1. The Kier molecular flexibility index (Phi) is 3.60. The van der Waals surface area contributed by atoms with E-state index in [9.17, 15) is 4.79 Å². The van der Waals surface area contributed by atoms with Crippen LogP contribution in [-0.4, -0.2) is 21.1 Å². The van der Waals surface area contributed by atoms with Crippen molar-refractivity contribution in [2.24, 2.45) is 0 Å². The molecule has 1 aromatic carbocycles. The van der Waals surface area contributed by atoms with Crippen LogP contribution in [-0.2, 0) is 11.2 Å². The quantitative estimate of drug-likeness (QED) is 0.689. The van der Waals surface area contributed by atoms with Crippen LogP contribution in [0.5, 0.6) is 0 Å². The summed E-state index contributed by atoms with van der Waals surface area (Å²) in [6, 6.07) is 16.0. The SMILES string of the molecule is Cc1cc(-c2ccccc2)n(-c2ccnc(CC=O)c2)n1. The molecule has 0 unspecified atom stereocenters. The number of aldehydes is 1. The van der Waals surface area contributed by atoms with Gasteiger partial charge in [-0.1, -0.05) is 30.3 Å². The number of hydrogen-bond donors (Lipinski definition) is 0. The molecule has 0 atom stereocenters. The smallest absolute Gasteiger partial charge is 0.125 e. The van der Waals surface area contributed by atoms with Crippen molar-refractivity contribution in [2.45, 2.75) is 13.3 Å². The number of pyridine rings is 1. The standard InChI is InChI=1S/C17H15N3O/c1-13-11-17(14-5-3-2-4-6-14)20(19-13)16-7-9-18-15(12-16)8-10-21/h2-7,9-12H,8H2,1H3.